The Kier molecular flexibility index (Phi) is 2.62. The first-order valence-electron chi connectivity index (χ1n) is 4.52. The lowest BCUT2D eigenvalue weighted by molar-refractivity contribution is -0.152. The van der Waals surface area contributed by atoms with Gasteiger partial charge in [-0.1, -0.05) is 5.16 Å². The topological polar surface area (TPSA) is 60.8 Å². The molecule has 0 aromatic carbocycles. The minimum absolute atomic E-state index is 0.400. The van der Waals surface area contributed by atoms with Crippen LogP contribution in [-0.4, -0.2) is 29.9 Å². The second-order valence-electron chi connectivity index (χ2n) is 3.10. The van der Waals surface area contributed by atoms with Crippen LogP contribution < -0.4 is 0 Å². The minimum atomic E-state index is -0.613. The lowest BCUT2D eigenvalue weighted by Gasteiger charge is -2.03. The molecule has 0 aliphatic carbocycles. The summed E-state index contributed by atoms with van der Waals surface area (Å²) >= 11 is 0. The van der Waals surface area contributed by atoms with Gasteiger partial charge >= 0.3 is 5.97 Å². The van der Waals surface area contributed by atoms with Gasteiger partial charge in [0.15, 0.2) is 0 Å². The summed E-state index contributed by atoms with van der Waals surface area (Å²) in [5.41, 5.74) is 1.66. The molecule has 0 saturated carbocycles. The Morgan fingerprint density at radius 1 is 1.53 bits per heavy atom. The summed E-state index contributed by atoms with van der Waals surface area (Å²) in [4.78, 5) is 20.0. The first-order chi connectivity index (χ1) is 7.31. The summed E-state index contributed by atoms with van der Waals surface area (Å²) in [7, 11) is 1.33. The third-order valence-electron chi connectivity index (χ3n) is 2.15. The van der Waals surface area contributed by atoms with E-state index < -0.39 is 12.1 Å². The van der Waals surface area contributed by atoms with Gasteiger partial charge in [-0.2, -0.15) is 0 Å². The van der Waals surface area contributed by atoms with Crippen molar-refractivity contribution in [2.24, 2.45) is 5.16 Å². The first kappa shape index (κ1) is 9.64. The van der Waals surface area contributed by atoms with Crippen LogP contribution in [0.15, 0.2) is 29.7 Å². The van der Waals surface area contributed by atoms with Gasteiger partial charge in [-0.25, -0.2) is 4.79 Å². The molecule has 0 radical (unpaired) electrons. The van der Waals surface area contributed by atoms with Crippen molar-refractivity contribution in [3.8, 4) is 0 Å². The average molecular weight is 206 g/mol. The number of carbonyl (C=O) groups excluding carboxylic acids is 1. The van der Waals surface area contributed by atoms with E-state index in [2.05, 4.69) is 14.9 Å². The fourth-order valence-electron chi connectivity index (χ4n) is 1.35. The second kappa shape index (κ2) is 4.08. The Bertz CT molecular complexity index is 389. The van der Waals surface area contributed by atoms with Crippen LogP contribution in [0.25, 0.3) is 0 Å². The Labute approximate surface area is 86.7 Å². The van der Waals surface area contributed by atoms with Gasteiger partial charge < -0.3 is 9.57 Å². The van der Waals surface area contributed by atoms with E-state index in [0.717, 1.165) is 11.3 Å². The Balaban J connectivity index is 2.07. The van der Waals surface area contributed by atoms with Crippen molar-refractivity contribution in [3.05, 3.63) is 30.1 Å². The van der Waals surface area contributed by atoms with Crippen molar-refractivity contribution in [3.63, 3.8) is 0 Å². The molecular weight excluding hydrogens is 196 g/mol. The molecule has 15 heavy (non-hydrogen) atoms. The molecule has 0 N–H and O–H groups in total. The van der Waals surface area contributed by atoms with Crippen molar-refractivity contribution in [2.45, 2.75) is 12.5 Å². The van der Waals surface area contributed by atoms with Gasteiger partial charge in [0.05, 0.1) is 12.8 Å². The molecule has 1 aliphatic rings. The van der Waals surface area contributed by atoms with E-state index in [4.69, 9.17) is 4.84 Å². The van der Waals surface area contributed by atoms with Gasteiger partial charge in [-0.3, -0.25) is 4.98 Å². The van der Waals surface area contributed by atoms with Crippen LogP contribution in [-0.2, 0) is 14.4 Å². The number of ether oxygens (including phenoxy) is 1. The number of nitrogens with zero attached hydrogens (tertiary/aromatic N) is 2. The highest BCUT2D eigenvalue weighted by Crippen LogP contribution is 2.16. The summed E-state index contributed by atoms with van der Waals surface area (Å²) in [6.45, 7) is 0. The lowest BCUT2D eigenvalue weighted by atomic mass is 10.1. The van der Waals surface area contributed by atoms with E-state index in [1.54, 1.807) is 12.4 Å². The molecule has 78 valence electrons. The fourth-order valence-corrected chi connectivity index (χ4v) is 1.35. The first-order valence-corrected chi connectivity index (χ1v) is 4.52. The van der Waals surface area contributed by atoms with Gasteiger partial charge in [0.2, 0.25) is 6.10 Å². The number of hydrogen-bond acceptors (Lipinski definition) is 5. The quantitative estimate of drug-likeness (QED) is 0.670. The van der Waals surface area contributed by atoms with Crippen LogP contribution in [0.3, 0.4) is 0 Å². The highest BCUT2D eigenvalue weighted by molar-refractivity contribution is 6.03. The average Bonchev–Trinajstić information content (AvgIpc) is 2.78. The van der Waals surface area contributed by atoms with Gasteiger partial charge in [0, 0.05) is 24.4 Å². The van der Waals surface area contributed by atoms with E-state index in [9.17, 15) is 4.79 Å². The molecule has 1 aliphatic heterocycles. The molecule has 1 aromatic rings. The molecular formula is C10H10N2O3. The van der Waals surface area contributed by atoms with E-state index in [1.165, 1.54) is 7.11 Å². The van der Waals surface area contributed by atoms with Gasteiger partial charge in [0.25, 0.3) is 0 Å². The molecule has 0 saturated heterocycles. The Morgan fingerprint density at radius 3 is 2.93 bits per heavy atom. The molecule has 1 aromatic heterocycles. The molecule has 5 heteroatoms. The highest BCUT2D eigenvalue weighted by atomic mass is 16.7. The van der Waals surface area contributed by atoms with Crippen LogP contribution in [0.5, 0.6) is 0 Å². The number of methoxy groups -OCH3 is 1. The van der Waals surface area contributed by atoms with Gasteiger partial charge in [-0.05, 0) is 12.1 Å². The van der Waals surface area contributed by atoms with Gasteiger partial charge in [-0.15, -0.1) is 0 Å². The molecule has 5 nitrogen and oxygen atoms in total. The van der Waals surface area contributed by atoms with E-state index >= 15 is 0 Å². The fraction of sp³-hybridized carbons (Fsp3) is 0.300. The minimum Gasteiger partial charge on any atom is -0.466 e. The van der Waals surface area contributed by atoms with Crippen molar-refractivity contribution in [2.75, 3.05) is 7.11 Å². The third-order valence-corrected chi connectivity index (χ3v) is 2.15. The maximum absolute atomic E-state index is 11.2. The number of carbonyl (C=O) groups is 1. The number of oxime groups is 1. The predicted octanol–water partition coefficient (Wildman–Crippen LogP) is 0.748. The smallest absolute Gasteiger partial charge is 0.350 e. The Hall–Kier alpha value is -1.91. The maximum Gasteiger partial charge on any atom is 0.350 e. The van der Waals surface area contributed by atoms with Crippen molar-refractivity contribution in [1.29, 1.82) is 0 Å². The van der Waals surface area contributed by atoms with Gasteiger partial charge in [0.1, 0.15) is 0 Å². The normalized spacial score (nSPS) is 19.3. The van der Waals surface area contributed by atoms with Crippen molar-refractivity contribution < 1.29 is 14.4 Å². The van der Waals surface area contributed by atoms with Crippen LogP contribution in [0.4, 0.5) is 0 Å². The van der Waals surface area contributed by atoms with Crippen LogP contribution in [0.1, 0.15) is 12.0 Å². The van der Waals surface area contributed by atoms with E-state index in [0.29, 0.717) is 6.42 Å². The van der Waals surface area contributed by atoms with Crippen LogP contribution >= 0.6 is 0 Å². The molecule has 1 atom stereocenters. The highest BCUT2D eigenvalue weighted by Gasteiger charge is 2.29. The monoisotopic (exact) mass is 206 g/mol. The van der Waals surface area contributed by atoms with Crippen molar-refractivity contribution in [1.82, 2.24) is 4.98 Å². The summed E-state index contributed by atoms with van der Waals surface area (Å²) in [6.07, 6.45) is 3.17. The van der Waals surface area contributed by atoms with Crippen LogP contribution in [0, 0.1) is 0 Å². The zero-order valence-electron chi connectivity index (χ0n) is 8.21. The summed E-state index contributed by atoms with van der Waals surface area (Å²) in [5.74, 6) is -0.400. The summed E-state index contributed by atoms with van der Waals surface area (Å²) < 4.78 is 4.57. The van der Waals surface area contributed by atoms with Crippen LogP contribution in [0.2, 0.25) is 0 Å². The zero-order chi connectivity index (χ0) is 10.7. The number of pyridine rings is 1. The molecule has 0 fully saturated rings. The lowest BCUT2D eigenvalue weighted by Crippen LogP contribution is -2.22. The van der Waals surface area contributed by atoms with E-state index in [1.807, 2.05) is 12.1 Å². The Morgan fingerprint density at radius 2 is 2.27 bits per heavy atom. The summed E-state index contributed by atoms with van der Waals surface area (Å²) in [6, 6.07) is 3.64. The third kappa shape index (κ3) is 1.96. The zero-order valence-corrected chi connectivity index (χ0v) is 8.21. The SMILES string of the molecule is COC(=O)C1CC(c2ccncc2)=NO1. The number of aromatic nitrogens is 1. The molecule has 0 spiro atoms. The number of esters is 1. The van der Waals surface area contributed by atoms with Crippen molar-refractivity contribution >= 4 is 11.7 Å². The standard InChI is InChI=1S/C10H10N2O3/c1-14-10(13)9-6-8(12-15-9)7-2-4-11-5-3-7/h2-5,9H,6H2,1H3. The molecule has 0 bridgehead atoms. The molecule has 2 rings (SSSR count). The second-order valence-corrected chi connectivity index (χ2v) is 3.10. The number of hydrogen-bond donors (Lipinski definition) is 0. The number of rotatable bonds is 2. The largest absolute Gasteiger partial charge is 0.466 e. The molecule has 0 amide bonds. The molecule has 1 unspecified atom stereocenters. The molecule has 2 heterocycles. The van der Waals surface area contributed by atoms with E-state index in [-0.39, 0.29) is 0 Å². The maximum atomic E-state index is 11.2. The predicted molar refractivity (Wildman–Crippen MR) is 52.3 cm³/mol. The summed E-state index contributed by atoms with van der Waals surface area (Å²) in [5, 5.41) is 3.84.